The van der Waals surface area contributed by atoms with Crippen LogP contribution in [-0.4, -0.2) is 39.5 Å². The molecule has 0 aliphatic carbocycles. The summed E-state index contributed by atoms with van der Waals surface area (Å²) >= 11 is 0. The molecule has 0 aromatic heterocycles. The minimum atomic E-state index is -0.409. The molecule has 1 aliphatic heterocycles. The van der Waals surface area contributed by atoms with E-state index in [9.17, 15) is 4.79 Å². The van der Waals surface area contributed by atoms with Gasteiger partial charge >= 0.3 is 5.97 Å². The lowest BCUT2D eigenvalue weighted by Crippen LogP contribution is -2.36. The highest BCUT2D eigenvalue weighted by molar-refractivity contribution is 5.78. The molecule has 0 radical (unpaired) electrons. The third kappa shape index (κ3) is 4.53. The van der Waals surface area contributed by atoms with E-state index < -0.39 is 5.54 Å². The van der Waals surface area contributed by atoms with Crippen molar-refractivity contribution in [2.24, 2.45) is 5.73 Å². The summed E-state index contributed by atoms with van der Waals surface area (Å²) in [5.74, 6) is -0.435. The van der Waals surface area contributed by atoms with E-state index >= 15 is 0 Å². The molecule has 0 bridgehead atoms. The zero-order chi connectivity index (χ0) is 16.7. The zero-order valence-corrected chi connectivity index (χ0v) is 14.0. The summed E-state index contributed by atoms with van der Waals surface area (Å²) in [5.41, 5.74) is 7.99. The number of benzene rings is 1. The lowest BCUT2D eigenvalue weighted by Gasteiger charge is -2.23. The Labute approximate surface area is 138 Å². The van der Waals surface area contributed by atoms with Crippen LogP contribution in [0.2, 0.25) is 0 Å². The van der Waals surface area contributed by atoms with Crippen LogP contribution in [0, 0.1) is 0 Å². The molecule has 2 atom stereocenters. The van der Waals surface area contributed by atoms with Gasteiger partial charge in [0.25, 0.3) is 0 Å². The van der Waals surface area contributed by atoms with Crippen molar-refractivity contribution >= 4 is 5.97 Å². The fourth-order valence-corrected chi connectivity index (χ4v) is 2.95. The number of ether oxygens (including phenoxy) is 3. The van der Waals surface area contributed by atoms with Crippen LogP contribution in [-0.2, 0) is 24.5 Å². The molecule has 1 aliphatic rings. The fourth-order valence-electron chi connectivity index (χ4n) is 2.95. The quantitative estimate of drug-likeness (QED) is 0.588. The minimum absolute atomic E-state index is 0.178. The third-order valence-electron chi connectivity index (χ3n) is 4.35. The molecular weight excluding hydrogens is 294 g/mol. The lowest BCUT2D eigenvalue weighted by atomic mass is 9.87. The first-order valence-electron chi connectivity index (χ1n) is 8.23. The maximum Gasteiger partial charge on any atom is 0.313 e. The molecule has 0 spiro atoms. The summed E-state index contributed by atoms with van der Waals surface area (Å²) in [6, 6.07) is 7.98. The van der Waals surface area contributed by atoms with Crippen molar-refractivity contribution in [3.63, 3.8) is 0 Å². The summed E-state index contributed by atoms with van der Waals surface area (Å²) < 4.78 is 15.7. The summed E-state index contributed by atoms with van der Waals surface area (Å²) in [5, 5.41) is 0. The van der Waals surface area contributed by atoms with Gasteiger partial charge in [0.1, 0.15) is 0 Å². The van der Waals surface area contributed by atoms with Gasteiger partial charge in [-0.1, -0.05) is 24.3 Å². The Morgan fingerprint density at radius 2 is 2.13 bits per heavy atom. The van der Waals surface area contributed by atoms with E-state index in [0.29, 0.717) is 32.8 Å². The van der Waals surface area contributed by atoms with Gasteiger partial charge in [-0.3, -0.25) is 4.79 Å². The number of rotatable bonds is 8. The second kappa shape index (κ2) is 8.43. The lowest BCUT2D eigenvalue weighted by molar-refractivity contribution is -0.145. The summed E-state index contributed by atoms with van der Waals surface area (Å²) in [7, 11) is 1.67. The van der Waals surface area contributed by atoms with Crippen molar-refractivity contribution in [1.82, 2.24) is 0 Å². The van der Waals surface area contributed by atoms with Crippen molar-refractivity contribution in [3.05, 3.63) is 35.4 Å². The molecule has 0 amide bonds. The Hall–Kier alpha value is -1.43. The number of carbonyl (C=O) groups is 1. The molecule has 1 aromatic rings. The molecule has 0 saturated carbocycles. The molecule has 1 fully saturated rings. The van der Waals surface area contributed by atoms with Gasteiger partial charge in [-0.15, -0.1) is 0 Å². The third-order valence-corrected chi connectivity index (χ3v) is 4.35. The second-order valence-corrected chi connectivity index (χ2v) is 6.02. The van der Waals surface area contributed by atoms with Crippen LogP contribution >= 0.6 is 0 Å². The summed E-state index contributed by atoms with van der Waals surface area (Å²) in [6.07, 6.45) is 2.35. The fraction of sp³-hybridized carbons (Fsp3) is 0.611. The Kier molecular flexibility index (Phi) is 6.57. The highest BCUT2D eigenvalue weighted by Gasteiger charge is 2.32. The van der Waals surface area contributed by atoms with Crippen LogP contribution in [0.3, 0.4) is 0 Å². The Morgan fingerprint density at radius 1 is 1.39 bits per heavy atom. The normalized spacial score (nSPS) is 22.0. The molecule has 2 rings (SSSR count). The highest BCUT2D eigenvalue weighted by Crippen LogP contribution is 2.30. The second-order valence-electron chi connectivity index (χ2n) is 6.02. The Balaban J connectivity index is 2.12. The summed E-state index contributed by atoms with van der Waals surface area (Å²) in [6.45, 7) is 4.09. The van der Waals surface area contributed by atoms with E-state index in [0.717, 1.165) is 24.0 Å². The van der Waals surface area contributed by atoms with Crippen molar-refractivity contribution in [1.29, 1.82) is 0 Å². The first-order valence-corrected chi connectivity index (χ1v) is 8.23. The van der Waals surface area contributed by atoms with Gasteiger partial charge < -0.3 is 19.9 Å². The molecule has 128 valence electrons. The summed E-state index contributed by atoms with van der Waals surface area (Å²) in [4.78, 5) is 12.2. The largest absolute Gasteiger partial charge is 0.466 e. The molecule has 1 aromatic carbocycles. The van der Waals surface area contributed by atoms with E-state index in [4.69, 9.17) is 19.9 Å². The van der Waals surface area contributed by atoms with Gasteiger partial charge in [-0.2, -0.15) is 0 Å². The molecule has 2 unspecified atom stereocenters. The van der Waals surface area contributed by atoms with Gasteiger partial charge in [0.15, 0.2) is 0 Å². The average molecular weight is 321 g/mol. The Bertz CT molecular complexity index is 494. The van der Waals surface area contributed by atoms with E-state index in [1.165, 1.54) is 0 Å². The van der Waals surface area contributed by atoms with Gasteiger partial charge in [-0.25, -0.2) is 0 Å². The van der Waals surface area contributed by atoms with Gasteiger partial charge in [0.2, 0.25) is 0 Å². The van der Waals surface area contributed by atoms with Gasteiger partial charge in [-0.05, 0) is 37.3 Å². The van der Waals surface area contributed by atoms with E-state index in [2.05, 4.69) is 0 Å². The maximum atomic E-state index is 12.2. The maximum absolute atomic E-state index is 12.2. The molecule has 23 heavy (non-hydrogen) atoms. The number of methoxy groups -OCH3 is 1. The minimum Gasteiger partial charge on any atom is -0.466 e. The van der Waals surface area contributed by atoms with Crippen LogP contribution in [0.1, 0.15) is 43.2 Å². The smallest absolute Gasteiger partial charge is 0.313 e. The van der Waals surface area contributed by atoms with E-state index in [1.54, 1.807) is 7.11 Å². The average Bonchev–Trinajstić information content (AvgIpc) is 3.00. The standard InChI is InChI=1S/C18H27NO4/c1-3-23-17(20)16(5-4-11-21-2)14-6-8-15(9-7-14)18(19)10-12-22-13-18/h6-9,16H,3-5,10-13,19H2,1-2H3. The predicted molar refractivity (Wildman–Crippen MR) is 88.2 cm³/mol. The predicted octanol–water partition coefficient (Wildman–Crippen LogP) is 2.33. The molecule has 1 heterocycles. The van der Waals surface area contributed by atoms with Gasteiger partial charge in [0.05, 0.1) is 24.7 Å². The highest BCUT2D eigenvalue weighted by atomic mass is 16.5. The molecule has 5 nitrogen and oxygen atoms in total. The number of hydrogen-bond acceptors (Lipinski definition) is 5. The molecular formula is C18H27NO4. The van der Waals surface area contributed by atoms with Crippen LogP contribution < -0.4 is 5.73 Å². The molecule has 1 saturated heterocycles. The van der Waals surface area contributed by atoms with Crippen molar-refractivity contribution < 1.29 is 19.0 Å². The van der Waals surface area contributed by atoms with Crippen molar-refractivity contribution in [3.8, 4) is 0 Å². The van der Waals surface area contributed by atoms with Crippen molar-refractivity contribution in [2.45, 2.75) is 37.6 Å². The van der Waals surface area contributed by atoms with Gasteiger partial charge in [0, 0.05) is 20.3 Å². The van der Waals surface area contributed by atoms with Crippen LogP contribution in [0.4, 0.5) is 0 Å². The number of nitrogens with two attached hydrogens (primary N) is 1. The number of esters is 1. The monoisotopic (exact) mass is 321 g/mol. The van der Waals surface area contributed by atoms with Crippen molar-refractivity contribution in [2.75, 3.05) is 33.5 Å². The molecule has 5 heteroatoms. The topological polar surface area (TPSA) is 70.8 Å². The zero-order valence-electron chi connectivity index (χ0n) is 14.0. The number of hydrogen-bond donors (Lipinski definition) is 1. The van der Waals surface area contributed by atoms with Crippen LogP contribution in [0.15, 0.2) is 24.3 Å². The van der Waals surface area contributed by atoms with Crippen LogP contribution in [0.5, 0.6) is 0 Å². The molecule has 2 N–H and O–H groups in total. The SMILES string of the molecule is CCOC(=O)C(CCCOC)c1ccc(C2(N)CCOC2)cc1. The first kappa shape index (κ1) is 17.9. The first-order chi connectivity index (χ1) is 11.1. The number of carbonyl (C=O) groups excluding carboxylic acids is 1. The van der Waals surface area contributed by atoms with Crippen LogP contribution in [0.25, 0.3) is 0 Å². The van der Waals surface area contributed by atoms with E-state index in [1.807, 2.05) is 31.2 Å². The van der Waals surface area contributed by atoms with E-state index in [-0.39, 0.29) is 11.9 Å². The Morgan fingerprint density at radius 3 is 2.70 bits per heavy atom.